The zero-order valence-electron chi connectivity index (χ0n) is 11.7. The van der Waals surface area contributed by atoms with E-state index in [9.17, 15) is 14.7 Å². The number of nitrogens with zero attached hydrogens (tertiary/aromatic N) is 1. The van der Waals surface area contributed by atoms with E-state index in [1.54, 1.807) is 5.38 Å². The maximum atomic E-state index is 11.9. The minimum atomic E-state index is -1.22. The van der Waals surface area contributed by atoms with Crippen LogP contribution < -0.4 is 9.84 Å². The first-order valence-electron chi connectivity index (χ1n) is 6.32. The number of aromatic nitrogens is 1. The van der Waals surface area contributed by atoms with Crippen molar-refractivity contribution in [2.75, 3.05) is 6.61 Å². The minimum absolute atomic E-state index is 0.124. The number of rotatable bonds is 6. The molecule has 0 spiro atoms. The molecular formula is C15H14NO4S-. The molecule has 0 atom stereocenters. The summed E-state index contributed by atoms with van der Waals surface area (Å²) in [5.41, 5.74) is 2.45. The first kappa shape index (κ1) is 15.2. The number of Topliss-reactive ketones (excluding diaryl/α,β-unsaturated/α-hetero) is 1. The van der Waals surface area contributed by atoms with Crippen molar-refractivity contribution in [3.63, 3.8) is 0 Å². The number of carboxylic acids is 1. The van der Waals surface area contributed by atoms with Crippen molar-refractivity contribution in [2.24, 2.45) is 0 Å². The standard InChI is InChI=1S/C15H15NO4S/c1-9-3-10(2)5-12(4-9)20-7-13(17)15-16-11(8-21-15)6-14(18)19/h3-5,8H,6-7H2,1-2H3,(H,18,19)/p-1. The average molecular weight is 304 g/mol. The molecule has 5 nitrogen and oxygen atoms in total. The van der Waals surface area contributed by atoms with Crippen molar-refractivity contribution in [1.29, 1.82) is 0 Å². The molecule has 1 aromatic heterocycles. The van der Waals surface area contributed by atoms with E-state index in [1.807, 2.05) is 32.0 Å². The lowest BCUT2D eigenvalue weighted by Crippen LogP contribution is -2.24. The fourth-order valence-corrected chi connectivity index (χ4v) is 2.64. The second kappa shape index (κ2) is 6.49. The summed E-state index contributed by atoms with van der Waals surface area (Å²) in [6.45, 7) is 3.78. The van der Waals surface area contributed by atoms with Crippen molar-refractivity contribution in [2.45, 2.75) is 20.3 Å². The molecule has 1 aromatic carbocycles. The Morgan fingerprint density at radius 2 is 1.90 bits per heavy atom. The SMILES string of the molecule is Cc1cc(C)cc(OCC(=O)c2nc(CC(=O)[O-])cs2)c1. The van der Waals surface area contributed by atoms with E-state index in [0.29, 0.717) is 11.4 Å². The van der Waals surface area contributed by atoms with E-state index in [0.717, 1.165) is 22.5 Å². The Hall–Kier alpha value is -2.21. The van der Waals surface area contributed by atoms with Crippen LogP contribution in [0.3, 0.4) is 0 Å². The Labute approximate surface area is 126 Å². The Bertz CT molecular complexity index is 658. The highest BCUT2D eigenvalue weighted by molar-refractivity contribution is 7.11. The molecule has 0 aliphatic carbocycles. The zero-order chi connectivity index (χ0) is 15.4. The third kappa shape index (κ3) is 4.39. The number of thiazole rings is 1. The summed E-state index contributed by atoms with van der Waals surface area (Å²) >= 11 is 1.11. The third-order valence-corrected chi connectivity index (χ3v) is 3.61. The number of aryl methyl sites for hydroxylation is 2. The minimum Gasteiger partial charge on any atom is -0.550 e. The van der Waals surface area contributed by atoms with E-state index in [4.69, 9.17) is 4.74 Å². The number of carbonyl (C=O) groups is 2. The van der Waals surface area contributed by atoms with Crippen molar-refractivity contribution in [3.05, 3.63) is 45.4 Å². The topological polar surface area (TPSA) is 79.3 Å². The van der Waals surface area contributed by atoms with Crippen LogP contribution in [0.4, 0.5) is 0 Å². The van der Waals surface area contributed by atoms with Gasteiger partial charge in [-0.15, -0.1) is 11.3 Å². The van der Waals surface area contributed by atoms with E-state index >= 15 is 0 Å². The molecule has 0 unspecified atom stereocenters. The van der Waals surface area contributed by atoms with Gasteiger partial charge in [-0.25, -0.2) is 4.98 Å². The van der Waals surface area contributed by atoms with Crippen molar-refractivity contribution in [1.82, 2.24) is 4.98 Å². The van der Waals surface area contributed by atoms with Crippen LogP contribution in [0.5, 0.6) is 5.75 Å². The fourth-order valence-electron chi connectivity index (χ4n) is 1.89. The monoisotopic (exact) mass is 304 g/mol. The summed E-state index contributed by atoms with van der Waals surface area (Å²) in [5.74, 6) is -0.859. The Kier molecular flexibility index (Phi) is 4.70. The summed E-state index contributed by atoms with van der Waals surface area (Å²) in [6, 6.07) is 5.72. The summed E-state index contributed by atoms with van der Waals surface area (Å²) in [6.07, 6.45) is -0.290. The molecule has 21 heavy (non-hydrogen) atoms. The fraction of sp³-hybridized carbons (Fsp3) is 0.267. The Morgan fingerprint density at radius 3 is 2.52 bits per heavy atom. The Balaban J connectivity index is 1.98. The number of carboxylic acid groups (broad SMARTS) is 1. The first-order chi connectivity index (χ1) is 9.94. The van der Waals surface area contributed by atoms with Gasteiger partial charge in [0.05, 0.1) is 5.69 Å². The smallest absolute Gasteiger partial charge is 0.228 e. The van der Waals surface area contributed by atoms with Crippen LogP contribution in [0.15, 0.2) is 23.6 Å². The average Bonchev–Trinajstić information content (AvgIpc) is 2.82. The van der Waals surface area contributed by atoms with E-state index in [2.05, 4.69) is 4.98 Å². The van der Waals surface area contributed by atoms with Gasteiger partial charge in [0.15, 0.2) is 11.6 Å². The third-order valence-electron chi connectivity index (χ3n) is 2.68. The van der Waals surface area contributed by atoms with E-state index in [1.165, 1.54) is 0 Å². The van der Waals surface area contributed by atoms with Gasteiger partial charge in [0.2, 0.25) is 5.78 Å². The number of hydrogen-bond acceptors (Lipinski definition) is 6. The zero-order valence-corrected chi connectivity index (χ0v) is 12.5. The van der Waals surface area contributed by atoms with Crippen LogP contribution in [0.1, 0.15) is 26.6 Å². The predicted molar refractivity (Wildman–Crippen MR) is 76.6 cm³/mol. The lowest BCUT2D eigenvalue weighted by Gasteiger charge is -2.06. The number of aliphatic carboxylic acids is 1. The van der Waals surface area contributed by atoms with Gasteiger partial charge in [-0.2, -0.15) is 0 Å². The van der Waals surface area contributed by atoms with Gasteiger partial charge in [-0.3, -0.25) is 4.79 Å². The van der Waals surface area contributed by atoms with Crippen molar-refractivity contribution < 1.29 is 19.4 Å². The molecule has 0 bridgehead atoms. The summed E-state index contributed by atoms with van der Waals surface area (Å²) in [5, 5.41) is 12.3. The lowest BCUT2D eigenvalue weighted by atomic mass is 10.1. The quantitative estimate of drug-likeness (QED) is 0.752. The molecule has 0 aliphatic heterocycles. The predicted octanol–water partition coefficient (Wildman–Crippen LogP) is 1.31. The summed E-state index contributed by atoms with van der Waals surface area (Å²) < 4.78 is 5.46. The normalized spacial score (nSPS) is 10.4. The molecular weight excluding hydrogens is 290 g/mol. The van der Waals surface area contributed by atoms with Gasteiger partial charge in [-0.1, -0.05) is 6.07 Å². The molecule has 2 aromatic rings. The first-order valence-corrected chi connectivity index (χ1v) is 7.20. The van der Waals surface area contributed by atoms with Crippen LogP contribution in [-0.2, 0) is 11.2 Å². The molecule has 6 heteroatoms. The summed E-state index contributed by atoms with van der Waals surface area (Å²) in [7, 11) is 0. The van der Waals surface area contributed by atoms with Gasteiger partial charge in [0.25, 0.3) is 0 Å². The van der Waals surface area contributed by atoms with Gasteiger partial charge in [-0.05, 0) is 37.1 Å². The second-order valence-corrected chi connectivity index (χ2v) is 5.59. The van der Waals surface area contributed by atoms with Gasteiger partial charge in [0, 0.05) is 17.8 Å². The van der Waals surface area contributed by atoms with Crippen LogP contribution in [-0.4, -0.2) is 23.3 Å². The molecule has 0 saturated heterocycles. The van der Waals surface area contributed by atoms with Crippen molar-refractivity contribution >= 4 is 23.1 Å². The molecule has 0 radical (unpaired) electrons. The lowest BCUT2D eigenvalue weighted by molar-refractivity contribution is -0.304. The van der Waals surface area contributed by atoms with E-state index in [-0.39, 0.29) is 23.8 Å². The van der Waals surface area contributed by atoms with Crippen LogP contribution in [0.25, 0.3) is 0 Å². The molecule has 110 valence electrons. The van der Waals surface area contributed by atoms with Crippen LogP contribution >= 0.6 is 11.3 Å². The molecule has 1 heterocycles. The number of hydrogen-bond donors (Lipinski definition) is 0. The maximum Gasteiger partial charge on any atom is 0.228 e. The Morgan fingerprint density at radius 1 is 1.24 bits per heavy atom. The number of ether oxygens (including phenoxy) is 1. The van der Waals surface area contributed by atoms with Crippen LogP contribution in [0, 0.1) is 13.8 Å². The molecule has 2 rings (SSSR count). The maximum absolute atomic E-state index is 11.9. The largest absolute Gasteiger partial charge is 0.550 e. The van der Waals surface area contributed by atoms with E-state index < -0.39 is 5.97 Å². The second-order valence-electron chi connectivity index (χ2n) is 4.73. The number of benzene rings is 1. The molecule has 0 N–H and O–H groups in total. The van der Waals surface area contributed by atoms with Crippen LogP contribution in [0.2, 0.25) is 0 Å². The summed E-state index contributed by atoms with van der Waals surface area (Å²) in [4.78, 5) is 26.4. The van der Waals surface area contributed by atoms with Crippen molar-refractivity contribution in [3.8, 4) is 5.75 Å². The molecule has 0 aliphatic rings. The molecule has 0 fully saturated rings. The van der Waals surface area contributed by atoms with Gasteiger partial charge < -0.3 is 14.6 Å². The number of ketones is 1. The highest BCUT2D eigenvalue weighted by Gasteiger charge is 2.12. The highest BCUT2D eigenvalue weighted by Crippen LogP contribution is 2.17. The molecule has 0 amide bonds. The van der Waals surface area contributed by atoms with Gasteiger partial charge in [0.1, 0.15) is 5.75 Å². The number of carbonyl (C=O) groups excluding carboxylic acids is 2. The molecule has 0 saturated carbocycles. The highest BCUT2D eigenvalue weighted by atomic mass is 32.1. The van der Waals surface area contributed by atoms with Gasteiger partial charge >= 0.3 is 0 Å².